The first kappa shape index (κ1) is 22.0. The fourth-order valence-electron chi connectivity index (χ4n) is 5.46. The summed E-state index contributed by atoms with van der Waals surface area (Å²) >= 11 is 1.92. The molecule has 3 heteroatoms. The van der Waals surface area contributed by atoms with E-state index in [1.807, 2.05) is 11.3 Å². The van der Waals surface area contributed by atoms with Gasteiger partial charge in [-0.1, -0.05) is 115 Å². The second kappa shape index (κ2) is 9.34. The highest BCUT2D eigenvalue weighted by molar-refractivity contribution is 7.19. The molecule has 0 saturated carbocycles. The summed E-state index contributed by atoms with van der Waals surface area (Å²) in [6.07, 6.45) is 5.64. The Morgan fingerprint density at radius 1 is 0.676 bits per heavy atom. The minimum absolute atomic E-state index is 0.0231. The zero-order chi connectivity index (χ0) is 24.6. The average Bonchev–Trinajstić information content (AvgIpc) is 3.36. The van der Waals surface area contributed by atoms with E-state index in [4.69, 9.17) is 4.99 Å². The molecule has 2 aliphatic rings. The number of nitrogens with zero attached hydrogens (tertiary/aromatic N) is 1. The summed E-state index contributed by atoms with van der Waals surface area (Å²) < 4.78 is 1.35. The van der Waals surface area contributed by atoms with Gasteiger partial charge in [-0.3, -0.25) is 4.99 Å². The van der Waals surface area contributed by atoms with E-state index in [1.54, 1.807) is 0 Å². The molecule has 0 fully saturated rings. The van der Waals surface area contributed by atoms with Gasteiger partial charge in [0.2, 0.25) is 0 Å². The number of thiophene rings is 1. The van der Waals surface area contributed by atoms with Gasteiger partial charge in [-0.05, 0) is 40.8 Å². The van der Waals surface area contributed by atoms with Crippen LogP contribution in [0.15, 0.2) is 132 Å². The Labute approximate surface area is 221 Å². The zero-order valence-electron chi connectivity index (χ0n) is 20.3. The summed E-state index contributed by atoms with van der Waals surface area (Å²) in [4.78, 5) is 6.73. The van der Waals surface area contributed by atoms with E-state index < -0.39 is 0 Å². The van der Waals surface area contributed by atoms with Crippen LogP contribution in [0.1, 0.15) is 33.2 Å². The molecule has 0 spiro atoms. The second-order valence-electron chi connectivity index (χ2n) is 9.59. The molecule has 0 amide bonds. The molecule has 1 aliphatic heterocycles. The van der Waals surface area contributed by atoms with Crippen molar-refractivity contribution >= 4 is 38.5 Å². The highest BCUT2D eigenvalue weighted by Crippen LogP contribution is 2.44. The molecule has 37 heavy (non-hydrogen) atoms. The predicted octanol–water partition coefficient (Wildman–Crippen LogP) is 8.29. The topological polar surface area (TPSA) is 24.4 Å². The van der Waals surface area contributed by atoms with E-state index in [2.05, 4.69) is 133 Å². The Morgan fingerprint density at radius 3 is 2.08 bits per heavy atom. The molecular weight excluding hydrogens is 468 g/mol. The molecule has 5 aromatic rings. The quantitative estimate of drug-likeness (QED) is 0.267. The first-order chi connectivity index (χ1) is 18.3. The number of fused-ring (bicyclic) bond motifs is 3. The lowest BCUT2D eigenvalue weighted by Crippen LogP contribution is -2.34. The maximum Gasteiger partial charge on any atom is 0.109 e. The minimum Gasteiger partial charge on any atom is -0.343 e. The molecule has 2 nitrogen and oxygen atoms in total. The number of rotatable bonds is 4. The molecule has 4 aromatic carbocycles. The van der Waals surface area contributed by atoms with E-state index >= 15 is 0 Å². The Balaban J connectivity index is 1.36. The van der Waals surface area contributed by atoms with Crippen LogP contribution in [0, 0.1) is 5.92 Å². The largest absolute Gasteiger partial charge is 0.343 e. The van der Waals surface area contributed by atoms with E-state index in [0.717, 1.165) is 18.0 Å². The Morgan fingerprint density at radius 2 is 1.32 bits per heavy atom. The molecule has 2 unspecified atom stereocenters. The van der Waals surface area contributed by atoms with Crippen LogP contribution in [0.5, 0.6) is 0 Å². The number of amidine groups is 1. The minimum atomic E-state index is -0.0231. The maximum absolute atomic E-state index is 5.30. The average molecular weight is 495 g/mol. The molecule has 1 N–H and O–H groups in total. The van der Waals surface area contributed by atoms with Gasteiger partial charge in [0.25, 0.3) is 0 Å². The van der Waals surface area contributed by atoms with Crippen molar-refractivity contribution in [2.45, 2.75) is 12.5 Å². The van der Waals surface area contributed by atoms with Gasteiger partial charge in [0.15, 0.2) is 0 Å². The SMILES string of the molecule is C1=C(c2ccccc2)NC(C2C=C(c3ccccc3)c3c(sc4ccccc34)C2)=NC1c1ccccc1. The second-order valence-corrected chi connectivity index (χ2v) is 10.7. The van der Waals surface area contributed by atoms with Gasteiger partial charge in [0, 0.05) is 32.1 Å². The summed E-state index contributed by atoms with van der Waals surface area (Å²) in [5, 5.41) is 5.10. The first-order valence-corrected chi connectivity index (χ1v) is 13.6. The Bertz CT molecular complexity index is 1660. The van der Waals surface area contributed by atoms with E-state index in [9.17, 15) is 0 Å². The molecule has 1 aromatic heterocycles. The Hall–Kier alpha value is -4.21. The summed E-state index contributed by atoms with van der Waals surface area (Å²) in [6, 6.07) is 40.8. The lowest BCUT2D eigenvalue weighted by Gasteiger charge is -2.29. The molecule has 2 atom stereocenters. The van der Waals surface area contributed by atoms with Crippen molar-refractivity contribution in [3.05, 3.63) is 155 Å². The third-order valence-corrected chi connectivity index (χ3v) is 8.43. The van der Waals surface area contributed by atoms with Crippen molar-refractivity contribution in [1.29, 1.82) is 0 Å². The molecule has 1 aliphatic carbocycles. The number of aliphatic imine (C=N–C) groups is 1. The van der Waals surface area contributed by atoms with Crippen LogP contribution in [0.4, 0.5) is 0 Å². The highest BCUT2D eigenvalue weighted by Gasteiger charge is 2.30. The van der Waals surface area contributed by atoms with Gasteiger partial charge < -0.3 is 5.32 Å². The number of benzene rings is 4. The summed E-state index contributed by atoms with van der Waals surface area (Å²) in [7, 11) is 0. The molecule has 7 rings (SSSR count). The van der Waals surface area contributed by atoms with Crippen LogP contribution < -0.4 is 5.32 Å². The van der Waals surface area contributed by atoms with Gasteiger partial charge in [-0.25, -0.2) is 0 Å². The van der Waals surface area contributed by atoms with Gasteiger partial charge >= 0.3 is 0 Å². The maximum atomic E-state index is 5.30. The van der Waals surface area contributed by atoms with Crippen LogP contribution in [0.25, 0.3) is 21.4 Å². The fraction of sp³-hybridized carbons (Fsp3) is 0.0882. The smallest absolute Gasteiger partial charge is 0.109 e. The molecule has 2 heterocycles. The third kappa shape index (κ3) is 4.12. The first-order valence-electron chi connectivity index (χ1n) is 12.8. The molecule has 0 saturated heterocycles. The summed E-state index contributed by atoms with van der Waals surface area (Å²) in [5.74, 6) is 1.20. The van der Waals surface area contributed by atoms with E-state index in [-0.39, 0.29) is 12.0 Å². The van der Waals surface area contributed by atoms with Gasteiger partial charge in [0.1, 0.15) is 5.84 Å². The molecule has 178 valence electrons. The zero-order valence-corrected chi connectivity index (χ0v) is 21.2. The van der Waals surface area contributed by atoms with Gasteiger partial charge in [-0.15, -0.1) is 11.3 Å². The predicted molar refractivity (Wildman–Crippen MR) is 157 cm³/mol. The fourth-order valence-corrected chi connectivity index (χ4v) is 6.74. The van der Waals surface area contributed by atoms with E-state index in [0.29, 0.717) is 0 Å². The van der Waals surface area contributed by atoms with Crippen molar-refractivity contribution in [3.8, 4) is 0 Å². The lowest BCUT2D eigenvalue weighted by molar-refractivity contribution is 0.778. The van der Waals surface area contributed by atoms with Crippen molar-refractivity contribution in [2.75, 3.05) is 0 Å². The third-order valence-electron chi connectivity index (χ3n) is 7.24. The van der Waals surface area contributed by atoms with Gasteiger partial charge in [-0.2, -0.15) is 0 Å². The lowest BCUT2D eigenvalue weighted by atomic mass is 9.83. The number of hydrogen-bond acceptors (Lipinski definition) is 3. The summed E-state index contributed by atoms with van der Waals surface area (Å²) in [5.41, 5.74) is 7.46. The highest BCUT2D eigenvalue weighted by atomic mass is 32.1. The van der Waals surface area contributed by atoms with Crippen LogP contribution in [-0.4, -0.2) is 5.84 Å². The Kier molecular flexibility index (Phi) is 5.56. The van der Waals surface area contributed by atoms with Crippen molar-refractivity contribution in [2.24, 2.45) is 10.9 Å². The molecule has 0 radical (unpaired) electrons. The van der Waals surface area contributed by atoms with Crippen molar-refractivity contribution in [3.63, 3.8) is 0 Å². The van der Waals surface area contributed by atoms with Crippen molar-refractivity contribution < 1.29 is 0 Å². The summed E-state index contributed by atoms with van der Waals surface area (Å²) in [6.45, 7) is 0. The van der Waals surface area contributed by atoms with Crippen LogP contribution in [-0.2, 0) is 6.42 Å². The van der Waals surface area contributed by atoms with Gasteiger partial charge in [0.05, 0.1) is 6.04 Å². The van der Waals surface area contributed by atoms with Crippen molar-refractivity contribution in [1.82, 2.24) is 5.32 Å². The monoisotopic (exact) mass is 494 g/mol. The number of hydrogen-bond donors (Lipinski definition) is 1. The number of nitrogens with one attached hydrogen (secondary N) is 1. The van der Waals surface area contributed by atoms with Crippen LogP contribution >= 0.6 is 11.3 Å². The molecule has 0 bridgehead atoms. The molecular formula is C34H26N2S. The van der Waals surface area contributed by atoms with E-state index in [1.165, 1.54) is 42.8 Å². The van der Waals surface area contributed by atoms with Crippen LogP contribution in [0.3, 0.4) is 0 Å². The normalized spacial score (nSPS) is 18.9. The van der Waals surface area contributed by atoms with Crippen LogP contribution in [0.2, 0.25) is 0 Å². The standard InChI is InChI=1S/C34H26N2S/c1-4-12-23(13-5-1)28-20-26(21-32-33(28)27-18-10-11-19-31(27)37-32)34-35-29(24-14-6-2-7-15-24)22-30(36-34)25-16-8-3-9-17-25/h1-20,22,26,29H,21H2,(H,35,36).